The number of hydrogen-bond donors (Lipinski definition) is 2. The van der Waals surface area contributed by atoms with Gasteiger partial charge in [0.05, 0.1) is 12.7 Å². The summed E-state index contributed by atoms with van der Waals surface area (Å²) < 4.78 is 5.04. The van der Waals surface area contributed by atoms with E-state index in [-0.39, 0.29) is 6.10 Å². The SMILES string of the molecule is CCCC(COC)NC[C@@H](C)O. The molecular weight excluding hydrogens is 154 g/mol. The molecule has 0 fully saturated rings. The maximum absolute atomic E-state index is 9.03. The molecule has 0 aliphatic carbocycles. The van der Waals surface area contributed by atoms with Crippen LogP contribution in [0.2, 0.25) is 0 Å². The fourth-order valence-electron chi connectivity index (χ4n) is 1.13. The minimum Gasteiger partial charge on any atom is -0.392 e. The molecule has 2 N–H and O–H groups in total. The van der Waals surface area contributed by atoms with E-state index in [0.29, 0.717) is 12.6 Å². The van der Waals surface area contributed by atoms with Crippen molar-refractivity contribution in [1.82, 2.24) is 5.32 Å². The summed E-state index contributed by atoms with van der Waals surface area (Å²) in [5.74, 6) is 0. The molecule has 0 aromatic carbocycles. The van der Waals surface area contributed by atoms with E-state index in [1.54, 1.807) is 14.0 Å². The van der Waals surface area contributed by atoms with Gasteiger partial charge in [0.15, 0.2) is 0 Å². The Balaban J connectivity index is 3.48. The highest BCUT2D eigenvalue weighted by Gasteiger charge is 2.06. The predicted molar refractivity (Wildman–Crippen MR) is 50.3 cm³/mol. The molecule has 3 nitrogen and oxygen atoms in total. The van der Waals surface area contributed by atoms with Crippen molar-refractivity contribution >= 4 is 0 Å². The monoisotopic (exact) mass is 175 g/mol. The molecule has 0 bridgehead atoms. The Morgan fingerprint density at radius 1 is 1.50 bits per heavy atom. The van der Waals surface area contributed by atoms with Crippen molar-refractivity contribution in [3.05, 3.63) is 0 Å². The summed E-state index contributed by atoms with van der Waals surface area (Å²) in [4.78, 5) is 0. The first-order chi connectivity index (χ1) is 5.70. The molecule has 0 radical (unpaired) electrons. The molecule has 0 rings (SSSR count). The van der Waals surface area contributed by atoms with Crippen LogP contribution >= 0.6 is 0 Å². The number of nitrogens with one attached hydrogen (secondary N) is 1. The van der Waals surface area contributed by atoms with E-state index in [1.807, 2.05) is 0 Å². The largest absolute Gasteiger partial charge is 0.392 e. The Labute approximate surface area is 75.1 Å². The highest BCUT2D eigenvalue weighted by Crippen LogP contribution is 1.96. The topological polar surface area (TPSA) is 41.5 Å². The lowest BCUT2D eigenvalue weighted by Crippen LogP contribution is -2.37. The molecule has 0 amide bonds. The lowest BCUT2D eigenvalue weighted by molar-refractivity contribution is 0.142. The number of rotatable bonds is 7. The molecular formula is C9H21NO2. The van der Waals surface area contributed by atoms with Crippen LogP contribution in [0.5, 0.6) is 0 Å². The maximum Gasteiger partial charge on any atom is 0.0636 e. The van der Waals surface area contributed by atoms with Crippen LogP contribution in [0.1, 0.15) is 26.7 Å². The molecule has 1 unspecified atom stereocenters. The van der Waals surface area contributed by atoms with Gasteiger partial charge < -0.3 is 15.2 Å². The summed E-state index contributed by atoms with van der Waals surface area (Å²) in [6.07, 6.45) is 1.96. The zero-order valence-corrected chi connectivity index (χ0v) is 8.34. The van der Waals surface area contributed by atoms with Gasteiger partial charge in [-0.15, -0.1) is 0 Å². The van der Waals surface area contributed by atoms with Crippen molar-refractivity contribution in [3.63, 3.8) is 0 Å². The van der Waals surface area contributed by atoms with E-state index >= 15 is 0 Å². The Morgan fingerprint density at radius 3 is 2.58 bits per heavy atom. The maximum atomic E-state index is 9.03. The third kappa shape index (κ3) is 6.58. The quantitative estimate of drug-likeness (QED) is 0.600. The zero-order valence-electron chi connectivity index (χ0n) is 8.34. The van der Waals surface area contributed by atoms with E-state index < -0.39 is 0 Å². The lowest BCUT2D eigenvalue weighted by atomic mass is 10.2. The van der Waals surface area contributed by atoms with Crippen LogP contribution in [0, 0.1) is 0 Å². The second kappa shape index (κ2) is 7.53. The third-order valence-corrected chi connectivity index (χ3v) is 1.71. The Kier molecular flexibility index (Phi) is 7.45. The predicted octanol–water partition coefficient (Wildman–Crippen LogP) is 0.772. The van der Waals surface area contributed by atoms with Crippen molar-refractivity contribution in [2.45, 2.75) is 38.8 Å². The van der Waals surface area contributed by atoms with E-state index in [0.717, 1.165) is 19.4 Å². The summed E-state index contributed by atoms with van der Waals surface area (Å²) in [7, 11) is 1.70. The second-order valence-electron chi connectivity index (χ2n) is 3.20. The van der Waals surface area contributed by atoms with Gasteiger partial charge in [-0.2, -0.15) is 0 Å². The minimum absolute atomic E-state index is 0.277. The Bertz CT molecular complexity index is 90.5. The van der Waals surface area contributed by atoms with E-state index in [1.165, 1.54) is 0 Å². The molecule has 2 atom stereocenters. The van der Waals surface area contributed by atoms with E-state index in [4.69, 9.17) is 9.84 Å². The number of aliphatic hydroxyl groups is 1. The third-order valence-electron chi connectivity index (χ3n) is 1.71. The number of methoxy groups -OCH3 is 1. The molecule has 3 heteroatoms. The molecule has 0 saturated heterocycles. The lowest BCUT2D eigenvalue weighted by Gasteiger charge is -2.17. The van der Waals surface area contributed by atoms with Gasteiger partial charge in [0.1, 0.15) is 0 Å². The Morgan fingerprint density at radius 2 is 2.17 bits per heavy atom. The fourth-order valence-corrected chi connectivity index (χ4v) is 1.13. The summed E-state index contributed by atoms with van der Waals surface area (Å²) >= 11 is 0. The van der Waals surface area contributed by atoms with Crippen LogP contribution in [0.3, 0.4) is 0 Å². The van der Waals surface area contributed by atoms with Crippen LogP contribution in [0.25, 0.3) is 0 Å². The second-order valence-corrected chi connectivity index (χ2v) is 3.20. The summed E-state index contributed by atoms with van der Waals surface area (Å²) in [6, 6.07) is 0.384. The van der Waals surface area contributed by atoms with Gasteiger partial charge >= 0.3 is 0 Å². The average molecular weight is 175 g/mol. The first kappa shape index (κ1) is 11.9. The van der Waals surface area contributed by atoms with Crippen LogP contribution in [-0.2, 0) is 4.74 Å². The van der Waals surface area contributed by atoms with Gasteiger partial charge in [0.2, 0.25) is 0 Å². The summed E-state index contributed by atoms with van der Waals surface area (Å²) in [5, 5.41) is 12.3. The Hall–Kier alpha value is -0.120. The number of aliphatic hydroxyl groups excluding tert-OH is 1. The fraction of sp³-hybridized carbons (Fsp3) is 1.00. The van der Waals surface area contributed by atoms with Crippen LogP contribution in [-0.4, -0.2) is 37.5 Å². The summed E-state index contributed by atoms with van der Waals surface area (Å²) in [6.45, 7) is 5.30. The minimum atomic E-state index is -0.277. The smallest absolute Gasteiger partial charge is 0.0636 e. The number of ether oxygens (including phenoxy) is 1. The average Bonchev–Trinajstić information content (AvgIpc) is 2.01. The van der Waals surface area contributed by atoms with Crippen molar-refractivity contribution < 1.29 is 9.84 Å². The molecule has 0 saturated carbocycles. The molecule has 0 aliphatic heterocycles. The van der Waals surface area contributed by atoms with Crippen LogP contribution < -0.4 is 5.32 Å². The molecule has 12 heavy (non-hydrogen) atoms. The first-order valence-corrected chi connectivity index (χ1v) is 4.61. The van der Waals surface area contributed by atoms with Gasteiger partial charge in [0, 0.05) is 19.7 Å². The van der Waals surface area contributed by atoms with Gasteiger partial charge in [-0.05, 0) is 13.3 Å². The van der Waals surface area contributed by atoms with Gasteiger partial charge in [-0.1, -0.05) is 13.3 Å². The van der Waals surface area contributed by atoms with Gasteiger partial charge in [-0.3, -0.25) is 0 Å². The van der Waals surface area contributed by atoms with E-state index in [9.17, 15) is 0 Å². The van der Waals surface area contributed by atoms with Gasteiger partial charge in [-0.25, -0.2) is 0 Å². The molecule has 0 aliphatic rings. The van der Waals surface area contributed by atoms with Crippen molar-refractivity contribution in [2.24, 2.45) is 0 Å². The normalized spacial score (nSPS) is 16.0. The van der Waals surface area contributed by atoms with Crippen molar-refractivity contribution in [2.75, 3.05) is 20.3 Å². The number of hydrogen-bond acceptors (Lipinski definition) is 3. The highest BCUT2D eigenvalue weighted by molar-refractivity contribution is 4.66. The standard InChI is InChI=1S/C9H21NO2/c1-4-5-9(7-12-3)10-6-8(2)11/h8-11H,4-7H2,1-3H3/t8-,9?/m1/s1. The van der Waals surface area contributed by atoms with Gasteiger partial charge in [0.25, 0.3) is 0 Å². The van der Waals surface area contributed by atoms with Crippen LogP contribution in [0.4, 0.5) is 0 Å². The first-order valence-electron chi connectivity index (χ1n) is 4.61. The van der Waals surface area contributed by atoms with E-state index in [2.05, 4.69) is 12.2 Å². The molecule has 0 aromatic rings. The van der Waals surface area contributed by atoms with Crippen molar-refractivity contribution in [3.8, 4) is 0 Å². The van der Waals surface area contributed by atoms with Crippen LogP contribution in [0.15, 0.2) is 0 Å². The van der Waals surface area contributed by atoms with Crippen molar-refractivity contribution in [1.29, 1.82) is 0 Å². The molecule has 0 spiro atoms. The molecule has 74 valence electrons. The zero-order chi connectivity index (χ0) is 9.40. The molecule has 0 aromatic heterocycles. The molecule has 0 heterocycles. The summed E-state index contributed by atoms with van der Waals surface area (Å²) in [5.41, 5.74) is 0. The highest BCUT2D eigenvalue weighted by atomic mass is 16.5.